The Morgan fingerprint density at radius 3 is 2.88 bits per heavy atom. The summed E-state index contributed by atoms with van der Waals surface area (Å²) in [6.07, 6.45) is 1.73. The summed E-state index contributed by atoms with van der Waals surface area (Å²) in [5.74, 6) is 2.06. The minimum Gasteiger partial charge on any atom is -0.381 e. The fourth-order valence-corrected chi connectivity index (χ4v) is 3.98. The van der Waals surface area contributed by atoms with Crippen LogP contribution in [0.25, 0.3) is 0 Å². The van der Waals surface area contributed by atoms with Crippen molar-refractivity contribution in [3.8, 4) is 0 Å². The molecular weight excluding hydrogens is 374 g/mol. The predicted octanol–water partition coefficient (Wildman–Crippen LogP) is 3.13. The van der Waals surface area contributed by atoms with E-state index in [4.69, 9.17) is 20.9 Å². The summed E-state index contributed by atoms with van der Waals surface area (Å²) in [5, 5.41) is 7.62. The Labute approximate surface area is 162 Å². The molecule has 0 aliphatic carbocycles. The molecule has 0 unspecified atom stereocenters. The van der Waals surface area contributed by atoms with Crippen LogP contribution in [0.15, 0.2) is 28.8 Å². The molecule has 3 rings (SSSR count). The van der Waals surface area contributed by atoms with Gasteiger partial charge in [-0.3, -0.25) is 4.79 Å². The Bertz CT molecular complexity index is 747. The molecule has 2 heterocycles. The first-order valence-corrected chi connectivity index (χ1v) is 10.1. The van der Waals surface area contributed by atoms with Crippen LogP contribution in [-0.2, 0) is 20.7 Å². The molecule has 1 fully saturated rings. The van der Waals surface area contributed by atoms with Gasteiger partial charge in [0, 0.05) is 37.1 Å². The van der Waals surface area contributed by atoms with Crippen LogP contribution in [0.4, 0.5) is 0 Å². The molecule has 1 aromatic carbocycles. The maximum atomic E-state index is 12.3. The van der Waals surface area contributed by atoms with Gasteiger partial charge in [0.25, 0.3) is 0 Å². The van der Waals surface area contributed by atoms with Crippen LogP contribution in [0.1, 0.15) is 30.1 Å². The van der Waals surface area contributed by atoms with Crippen molar-refractivity contribution in [1.29, 1.82) is 0 Å². The highest BCUT2D eigenvalue weighted by atomic mass is 35.5. The highest BCUT2D eigenvalue weighted by Gasteiger charge is 2.35. The standard InChI is InChI=1S/C18H22ClN3O3S/c1-13-21-16(22-25-13)10-26-11-17(23)20-12-18(5-7-24-8-6-18)14-3-2-4-15(19)9-14/h2-4,9H,5-8,10-12H2,1H3,(H,20,23). The number of amides is 1. The molecule has 1 aliphatic rings. The zero-order valence-electron chi connectivity index (χ0n) is 14.7. The number of ether oxygens (including phenoxy) is 1. The molecule has 1 aromatic heterocycles. The molecule has 1 amide bonds. The van der Waals surface area contributed by atoms with Crippen LogP contribution in [0.5, 0.6) is 0 Å². The average molecular weight is 396 g/mol. The Balaban J connectivity index is 1.55. The van der Waals surface area contributed by atoms with E-state index in [1.807, 2.05) is 18.2 Å². The molecule has 0 saturated carbocycles. The van der Waals surface area contributed by atoms with Gasteiger partial charge in [-0.1, -0.05) is 28.9 Å². The van der Waals surface area contributed by atoms with Crippen molar-refractivity contribution in [3.63, 3.8) is 0 Å². The van der Waals surface area contributed by atoms with Crippen LogP contribution in [0, 0.1) is 6.92 Å². The lowest BCUT2D eigenvalue weighted by Gasteiger charge is -2.38. The smallest absolute Gasteiger partial charge is 0.230 e. The van der Waals surface area contributed by atoms with Crippen molar-refractivity contribution in [2.75, 3.05) is 25.5 Å². The molecule has 2 aromatic rings. The highest BCUT2D eigenvalue weighted by Crippen LogP contribution is 2.35. The van der Waals surface area contributed by atoms with Crippen LogP contribution in [0.2, 0.25) is 5.02 Å². The number of thioether (sulfide) groups is 1. The van der Waals surface area contributed by atoms with Gasteiger partial charge in [0.15, 0.2) is 5.82 Å². The van der Waals surface area contributed by atoms with Gasteiger partial charge in [-0.15, -0.1) is 11.8 Å². The molecule has 26 heavy (non-hydrogen) atoms. The lowest BCUT2D eigenvalue weighted by Crippen LogP contribution is -2.45. The van der Waals surface area contributed by atoms with E-state index >= 15 is 0 Å². The number of hydrogen-bond donors (Lipinski definition) is 1. The highest BCUT2D eigenvalue weighted by molar-refractivity contribution is 7.99. The minimum absolute atomic E-state index is 0.00288. The lowest BCUT2D eigenvalue weighted by atomic mass is 9.74. The first kappa shape index (κ1) is 19.2. The third kappa shape index (κ3) is 4.99. The fourth-order valence-electron chi connectivity index (χ4n) is 3.10. The zero-order chi connectivity index (χ0) is 18.4. The molecule has 0 radical (unpaired) electrons. The molecule has 1 aliphatic heterocycles. The van der Waals surface area contributed by atoms with Crippen molar-refractivity contribution < 1.29 is 14.1 Å². The minimum atomic E-state index is -0.131. The normalized spacial score (nSPS) is 16.4. The van der Waals surface area contributed by atoms with Crippen LogP contribution in [-0.4, -0.2) is 41.6 Å². The number of aromatic nitrogens is 2. The molecule has 0 atom stereocenters. The molecule has 1 N–H and O–H groups in total. The lowest BCUT2D eigenvalue weighted by molar-refractivity contribution is -0.119. The number of carbonyl (C=O) groups excluding carboxylic acids is 1. The van der Waals surface area contributed by atoms with E-state index in [0.29, 0.717) is 48.0 Å². The molecule has 6 nitrogen and oxygen atoms in total. The molecule has 0 bridgehead atoms. The van der Waals surface area contributed by atoms with Crippen LogP contribution >= 0.6 is 23.4 Å². The number of aryl methyl sites for hydroxylation is 1. The summed E-state index contributed by atoms with van der Waals surface area (Å²) in [6.45, 7) is 3.71. The van der Waals surface area contributed by atoms with E-state index in [0.717, 1.165) is 18.4 Å². The first-order valence-electron chi connectivity index (χ1n) is 8.55. The van der Waals surface area contributed by atoms with Gasteiger partial charge in [0.05, 0.1) is 11.5 Å². The molecule has 1 saturated heterocycles. The monoisotopic (exact) mass is 395 g/mol. The van der Waals surface area contributed by atoms with E-state index < -0.39 is 0 Å². The SMILES string of the molecule is Cc1nc(CSCC(=O)NCC2(c3cccc(Cl)c3)CCOCC2)no1. The van der Waals surface area contributed by atoms with E-state index in [-0.39, 0.29) is 11.3 Å². The van der Waals surface area contributed by atoms with E-state index in [1.54, 1.807) is 6.92 Å². The van der Waals surface area contributed by atoms with Gasteiger partial charge in [-0.05, 0) is 30.5 Å². The number of halogens is 1. The van der Waals surface area contributed by atoms with E-state index in [1.165, 1.54) is 11.8 Å². The van der Waals surface area contributed by atoms with Gasteiger partial charge < -0.3 is 14.6 Å². The summed E-state index contributed by atoms with van der Waals surface area (Å²) in [6, 6.07) is 7.90. The quantitative estimate of drug-likeness (QED) is 0.776. The van der Waals surface area contributed by atoms with Gasteiger partial charge in [-0.25, -0.2) is 0 Å². The third-order valence-corrected chi connectivity index (χ3v) is 5.71. The molecule has 8 heteroatoms. The van der Waals surface area contributed by atoms with Crippen molar-refractivity contribution in [1.82, 2.24) is 15.5 Å². The summed E-state index contributed by atoms with van der Waals surface area (Å²) >= 11 is 7.64. The Morgan fingerprint density at radius 1 is 1.38 bits per heavy atom. The molecular formula is C18H22ClN3O3S. The van der Waals surface area contributed by atoms with Gasteiger partial charge in [0.2, 0.25) is 11.8 Å². The zero-order valence-corrected chi connectivity index (χ0v) is 16.2. The number of benzene rings is 1. The summed E-state index contributed by atoms with van der Waals surface area (Å²) in [4.78, 5) is 16.4. The first-order chi connectivity index (χ1) is 12.6. The molecule has 0 spiro atoms. The fraction of sp³-hybridized carbons (Fsp3) is 0.500. The average Bonchev–Trinajstić information content (AvgIpc) is 3.06. The maximum Gasteiger partial charge on any atom is 0.230 e. The second-order valence-corrected chi connectivity index (χ2v) is 7.82. The number of rotatable bonds is 7. The van der Waals surface area contributed by atoms with Crippen molar-refractivity contribution in [2.24, 2.45) is 0 Å². The maximum absolute atomic E-state index is 12.3. The van der Waals surface area contributed by atoms with Crippen molar-refractivity contribution in [2.45, 2.75) is 30.9 Å². The van der Waals surface area contributed by atoms with E-state index in [2.05, 4.69) is 21.5 Å². The van der Waals surface area contributed by atoms with Crippen molar-refractivity contribution >= 4 is 29.3 Å². The number of hydrogen-bond acceptors (Lipinski definition) is 6. The number of nitrogens with zero attached hydrogens (tertiary/aromatic N) is 2. The van der Waals surface area contributed by atoms with E-state index in [9.17, 15) is 4.79 Å². The number of carbonyl (C=O) groups is 1. The Kier molecular flexibility index (Phi) is 6.56. The van der Waals surface area contributed by atoms with Gasteiger partial charge >= 0.3 is 0 Å². The second-order valence-electron chi connectivity index (χ2n) is 6.40. The van der Waals surface area contributed by atoms with Gasteiger partial charge in [0.1, 0.15) is 0 Å². The summed E-state index contributed by atoms with van der Waals surface area (Å²) in [5.41, 5.74) is 1.03. The Hall–Kier alpha value is -1.57. The predicted molar refractivity (Wildman–Crippen MR) is 101 cm³/mol. The third-order valence-electron chi connectivity index (χ3n) is 4.54. The second kappa shape index (κ2) is 8.88. The van der Waals surface area contributed by atoms with Gasteiger partial charge in [-0.2, -0.15) is 4.98 Å². The summed E-state index contributed by atoms with van der Waals surface area (Å²) < 4.78 is 10.4. The van der Waals surface area contributed by atoms with Crippen LogP contribution in [0.3, 0.4) is 0 Å². The molecule has 140 valence electrons. The number of nitrogens with one attached hydrogen (secondary N) is 1. The van der Waals surface area contributed by atoms with Crippen LogP contribution < -0.4 is 5.32 Å². The Morgan fingerprint density at radius 2 is 2.19 bits per heavy atom. The van der Waals surface area contributed by atoms with Crippen molar-refractivity contribution in [3.05, 3.63) is 46.6 Å². The summed E-state index contributed by atoms with van der Waals surface area (Å²) in [7, 11) is 0. The topological polar surface area (TPSA) is 77.2 Å². The largest absolute Gasteiger partial charge is 0.381 e.